The molecule has 3 atom stereocenters. The summed E-state index contributed by atoms with van der Waals surface area (Å²) in [5.41, 5.74) is 4.49. The van der Waals surface area contributed by atoms with Crippen molar-refractivity contribution in [3.8, 4) is 11.5 Å². The van der Waals surface area contributed by atoms with E-state index in [1.807, 2.05) is 44.2 Å². The van der Waals surface area contributed by atoms with Crippen molar-refractivity contribution in [1.82, 2.24) is 0 Å². The molecule has 2 nitrogen and oxygen atoms in total. The first-order valence-corrected chi connectivity index (χ1v) is 11.1. The van der Waals surface area contributed by atoms with Crippen LogP contribution in [0.1, 0.15) is 19.4 Å². The average Bonchev–Trinajstić information content (AvgIpc) is 2.44. The number of rotatable bonds is 6. The Labute approximate surface area is 130 Å². The SMILES string of the molecule is C[C@@H](C#C[Si](C)(C)C)[C@H](O)[C@@H](C)COCc1ccccc1. The molecule has 0 aliphatic rings. The van der Waals surface area contributed by atoms with Crippen LogP contribution in [0.15, 0.2) is 30.3 Å². The third-order valence-corrected chi connectivity index (χ3v) is 4.16. The van der Waals surface area contributed by atoms with Crippen LogP contribution < -0.4 is 0 Å². The Morgan fingerprint density at radius 2 is 1.76 bits per heavy atom. The minimum atomic E-state index is -1.37. The van der Waals surface area contributed by atoms with Gasteiger partial charge in [0.15, 0.2) is 0 Å². The van der Waals surface area contributed by atoms with Gasteiger partial charge in [0.05, 0.1) is 19.3 Å². The summed E-state index contributed by atoms with van der Waals surface area (Å²) in [6, 6.07) is 10.1. The molecule has 0 heterocycles. The first-order chi connectivity index (χ1) is 9.79. The Bertz CT molecular complexity index is 467. The molecule has 0 unspecified atom stereocenters. The maximum absolute atomic E-state index is 10.3. The zero-order valence-electron chi connectivity index (χ0n) is 13.9. The van der Waals surface area contributed by atoms with Crippen LogP contribution in [-0.4, -0.2) is 25.9 Å². The summed E-state index contributed by atoms with van der Waals surface area (Å²) in [5.74, 6) is 3.29. The lowest BCUT2D eigenvalue weighted by Crippen LogP contribution is -2.28. The van der Waals surface area contributed by atoms with Crippen molar-refractivity contribution in [1.29, 1.82) is 0 Å². The lowest BCUT2D eigenvalue weighted by molar-refractivity contribution is 0.0150. The van der Waals surface area contributed by atoms with E-state index in [-0.39, 0.29) is 11.8 Å². The Morgan fingerprint density at radius 3 is 2.33 bits per heavy atom. The maximum Gasteiger partial charge on any atom is 0.129 e. The molecule has 1 aromatic rings. The highest BCUT2D eigenvalue weighted by molar-refractivity contribution is 6.83. The van der Waals surface area contributed by atoms with Crippen LogP contribution in [0.3, 0.4) is 0 Å². The van der Waals surface area contributed by atoms with Gasteiger partial charge >= 0.3 is 0 Å². The molecule has 0 aliphatic carbocycles. The van der Waals surface area contributed by atoms with Crippen LogP contribution >= 0.6 is 0 Å². The van der Waals surface area contributed by atoms with E-state index >= 15 is 0 Å². The minimum absolute atomic E-state index is 0.00736. The number of hydrogen-bond acceptors (Lipinski definition) is 2. The van der Waals surface area contributed by atoms with Crippen molar-refractivity contribution in [3.63, 3.8) is 0 Å². The zero-order valence-corrected chi connectivity index (χ0v) is 14.9. The molecule has 0 amide bonds. The van der Waals surface area contributed by atoms with Gasteiger partial charge in [-0.25, -0.2) is 0 Å². The molecule has 0 aliphatic heterocycles. The molecule has 116 valence electrons. The Morgan fingerprint density at radius 1 is 1.14 bits per heavy atom. The lowest BCUT2D eigenvalue weighted by atomic mass is 9.95. The molecule has 0 aromatic heterocycles. The van der Waals surface area contributed by atoms with Crippen molar-refractivity contribution in [3.05, 3.63) is 35.9 Å². The summed E-state index contributed by atoms with van der Waals surface area (Å²) in [6.07, 6.45) is -0.440. The Balaban J connectivity index is 2.40. The predicted octanol–water partition coefficient (Wildman–Crippen LogP) is 3.72. The van der Waals surface area contributed by atoms with Gasteiger partial charge in [-0.2, -0.15) is 0 Å². The molecule has 3 heteroatoms. The first-order valence-electron chi connectivity index (χ1n) is 7.62. The molecule has 0 spiro atoms. The van der Waals surface area contributed by atoms with E-state index in [1.165, 1.54) is 0 Å². The summed E-state index contributed by atoms with van der Waals surface area (Å²) >= 11 is 0. The molecule has 21 heavy (non-hydrogen) atoms. The van der Waals surface area contributed by atoms with Gasteiger partial charge in [0, 0.05) is 11.8 Å². The van der Waals surface area contributed by atoms with Gasteiger partial charge in [-0.15, -0.1) is 11.5 Å². The molecule has 0 fully saturated rings. The van der Waals surface area contributed by atoms with Gasteiger partial charge in [-0.05, 0) is 12.5 Å². The summed E-state index contributed by atoms with van der Waals surface area (Å²) < 4.78 is 5.70. The monoisotopic (exact) mass is 304 g/mol. The number of aliphatic hydroxyl groups excluding tert-OH is 1. The third-order valence-electron chi connectivity index (χ3n) is 3.26. The average molecular weight is 305 g/mol. The summed E-state index contributed by atoms with van der Waals surface area (Å²) in [7, 11) is -1.37. The second-order valence-corrected chi connectivity index (χ2v) is 11.5. The summed E-state index contributed by atoms with van der Waals surface area (Å²) in [6.45, 7) is 11.8. The molecule has 0 saturated heterocycles. The van der Waals surface area contributed by atoms with E-state index in [0.717, 1.165) is 5.56 Å². The van der Waals surface area contributed by atoms with Crippen LogP contribution in [0, 0.1) is 23.3 Å². The van der Waals surface area contributed by atoms with Crippen molar-refractivity contribution in [2.24, 2.45) is 11.8 Å². The highest BCUT2D eigenvalue weighted by Crippen LogP contribution is 2.14. The van der Waals surface area contributed by atoms with Crippen molar-refractivity contribution >= 4 is 8.07 Å². The summed E-state index contributed by atoms with van der Waals surface area (Å²) in [4.78, 5) is 0. The van der Waals surface area contributed by atoms with Gasteiger partial charge in [0.1, 0.15) is 8.07 Å². The highest BCUT2D eigenvalue weighted by Gasteiger charge is 2.20. The summed E-state index contributed by atoms with van der Waals surface area (Å²) in [5, 5.41) is 10.3. The van der Waals surface area contributed by atoms with E-state index in [2.05, 4.69) is 31.1 Å². The van der Waals surface area contributed by atoms with Crippen molar-refractivity contribution in [2.45, 2.75) is 46.2 Å². The second-order valence-electron chi connectivity index (χ2n) is 6.78. The van der Waals surface area contributed by atoms with Crippen LogP contribution in [0.2, 0.25) is 19.6 Å². The largest absolute Gasteiger partial charge is 0.391 e. The van der Waals surface area contributed by atoms with E-state index < -0.39 is 14.2 Å². The van der Waals surface area contributed by atoms with E-state index in [9.17, 15) is 5.11 Å². The van der Waals surface area contributed by atoms with Crippen LogP contribution in [0.5, 0.6) is 0 Å². The molecule has 0 radical (unpaired) electrons. The fourth-order valence-electron chi connectivity index (χ4n) is 1.94. The smallest absolute Gasteiger partial charge is 0.129 e. The van der Waals surface area contributed by atoms with Crippen molar-refractivity contribution in [2.75, 3.05) is 6.61 Å². The van der Waals surface area contributed by atoms with Gasteiger partial charge < -0.3 is 9.84 Å². The molecular formula is C18H28O2Si. The van der Waals surface area contributed by atoms with Gasteiger partial charge in [-0.3, -0.25) is 0 Å². The highest BCUT2D eigenvalue weighted by atomic mass is 28.3. The normalized spacial score (nSPS) is 15.7. The lowest BCUT2D eigenvalue weighted by Gasteiger charge is -2.22. The molecule has 1 N–H and O–H groups in total. The third kappa shape index (κ3) is 7.47. The van der Waals surface area contributed by atoms with Crippen LogP contribution in [-0.2, 0) is 11.3 Å². The Kier molecular flexibility index (Phi) is 7.17. The van der Waals surface area contributed by atoms with E-state index in [4.69, 9.17) is 4.74 Å². The number of benzene rings is 1. The number of aliphatic hydroxyl groups is 1. The van der Waals surface area contributed by atoms with Gasteiger partial charge in [0.25, 0.3) is 0 Å². The molecule has 0 bridgehead atoms. The quantitative estimate of drug-likeness (QED) is 0.641. The zero-order chi connectivity index (χ0) is 15.9. The van der Waals surface area contributed by atoms with Gasteiger partial charge in [0.2, 0.25) is 0 Å². The fourth-order valence-corrected chi connectivity index (χ4v) is 2.60. The van der Waals surface area contributed by atoms with E-state index in [1.54, 1.807) is 0 Å². The standard InChI is InChI=1S/C18H28O2Si/c1-15(11-12-21(3,4)5)18(19)16(2)13-20-14-17-9-7-6-8-10-17/h6-10,15-16,18-19H,13-14H2,1-5H3/t15-,16-,18-/m0/s1. The van der Waals surface area contributed by atoms with Crippen LogP contribution in [0.4, 0.5) is 0 Å². The Hall–Kier alpha value is -1.08. The van der Waals surface area contributed by atoms with E-state index in [0.29, 0.717) is 13.2 Å². The van der Waals surface area contributed by atoms with Crippen LogP contribution in [0.25, 0.3) is 0 Å². The number of ether oxygens (including phenoxy) is 1. The second kappa shape index (κ2) is 8.38. The maximum atomic E-state index is 10.3. The molecule has 1 rings (SSSR count). The van der Waals surface area contributed by atoms with Gasteiger partial charge in [-0.1, -0.05) is 56.9 Å². The molecule has 0 saturated carbocycles. The predicted molar refractivity (Wildman–Crippen MR) is 91.6 cm³/mol. The first kappa shape index (κ1) is 18.0. The van der Waals surface area contributed by atoms with Crippen molar-refractivity contribution < 1.29 is 9.84 Å². The molecular weight excluding hydrogens is 276 g/mol. The fraction of sp³-hybridized carbons (Fsp3) is 0.556. The topological polar surface area (TPSA) is 29.5 Å². The number of hydrogen-bond donors (Lipinski definition) is 1. The molecule has 1 aromatic carbocycles. The minimum Gasteiger partial charge on any atom is -0.391 e.